The molecule has 0 N–H and O–H groups in total. The smallest absolute Gasteiger partial charge is 0.417 e. The number of hydrogen-bond donors (Lipinski definition) is 0. The van der Waals surface area contributed by atoms with Crippen molar-refractivity contribution in [2.75, 3.05) is 7.11 Å². The normalized spacial score (nSPS) is 11.4. The van der Waals surface area contributed by atoms with Gasteiger partial charge in [0.15, 0.2) is 5.82 Å². The molecule has 4 nitrogen and oxygen atoms in total. The van der Waals surface area contributed by atoms with Crippen molar-refractivity contribution in [3.63, 3.8) is 0 Å². The average Bonchev–Trinajstić information content (AvgIpc) is 2.37. The van der Waals surface area contributed by atoms with E-state index >= 15 is 0 Å². The van der Waals surface area contributed by atoms with Gasteiger partial charge in [-0.2, -0.15) is 28.1 Å². The van der Waals surface area contributed by atoms with E-state index in [1.807, 2.05) is 0 Å². The Morgan fingerprint density at radius 3 is 2.42 bits per heavy atom. The van der Waals surface area contributed by atoms with Gasteiger partial charge in [-0.1, -0.05) is 18.2 Å². The average molecular weight is 290 g/mol. The summed E-state index contributed by atoms with van der Waals surface area (Å²) in [7, 11) is 1.28. The summed E-state index contributed by atoms with van der Waals surface area (Å²) in [5.74, 6) is -0.190. The maximum absolute atomic E-state index is 12.9. The van der Waals surface area contributed by atoms with Crippen LogP contribution < -0.4 is 4.74 Å². The number of hydrogen-bond acceptors (Lipinski definition) is 4. The lowest BCUT2D eigenvalue weighted by Gasteiger charge is -2.11. The molecule has 0 unspecified atom stereocenters. The van der Waals surface area contributed by atoms with E-state index in [9.17, 15) is 13.2 Å². The van der Waals surface area contributed by atoms with Crippen LogP contribution in [0.2, 0.25) is 5.28 Å². The molecule has 1 aromatic carbocycles. The Labute approximate surface area is 111 Å². The van der Waals surface area contributed by atoms with Crippen LogP contribution in [-0.2, 0) is 6.18 Å². The van der Waals surface area contributed by atoms with Crippen LogP contribution in [0.5, 0.6) is 6.01 Å². The molecule has 8 heteroatoms. The van der Waals surface area contributed by atoms with E-state index in [0.29, 0.717) is 0 Å². The molecule has 2 aromatic rings. The van der Waals surface area contributed by atoms with Gasteiger partial charge < -0.3 is 4.74 Å². The number of halogens is 4. The summed E-state index contributed by atoms with van der Waals surface area (Å²) >= 11 is 5.62. The van der Waals surface area contributed by atoms with Gasteiger partial charge in [0, 0.05) is 5.56 Å². The molecule has 0 amide bonds. The molecule has 0 saturated carbocycles. The quantitative estimate of drug-likeness (QED) is 0.852. The summed E-state index contributed by atoms with van der Waals surface area (Å²) in [6, 6.07) is 4.79. The number of benzene rings is 1. The third kappa shape index (κ3) is 2.93. The number of methoxy groups -OCH3 is 1. The fourth-order valence-corrected chi connectivity index (χ4v) is 1.62. The fraction of sp³-hybridized carbons (Fsp3) is 0.182. The molecule has 0 aliphatic heterocycles. The van der Waals surface area contributed by atoms with Gasteiger partial charge in [0.25, 0.3) is 0 Å². The first kappa shape index (κ1) is 13.5. The van der Waals surface area contributed by atoms with Crippen LogP contribution in [0.15, 0.2) is 24.3 Å². The monoisotopic (exact) mass is 289 g/mol. The predicted molar refractivity (Wildman–Crippen MR) is 61.8 cm³/mol. The van der Waals surface area contributed by atoms with Gasteiger partial charge in [-0.05, 0) is 17.7 Å². The van der Waals surface area contributed by atoms with Gasteiger partial charge in [0.2, 0.25) is 5.28 Å². The Bertz CT molecular complexity index is 604. The molecule has 1 aromatic heterocycles. The Hall–Kier alpha value is -1.89. The standard InChI is InChI=1S/C11H7ClF3N3O/c1-19-10-17-8(16-9(12)18-10)6-4-2-3-5-7(6)11(13,14)15/h2-5H,1H3. The van der Waals surface area contributed by atoms with Crippen LogP contribution in [0.3, 0.4) is 0 Å². The van der Waals surface area contributed by atoms with Crippen molar-refractivity contribution in [2.24, 2.45) is 0 Å². The third-order valence-electron chi connectivity index (χ3n) is 2.24. The predicted octanol–water partition coefficient (Wildman–Crippen LogP) is 3.22. The second-order valence-electron chi connectivity index (χ2n) is 3.46. The maximum atomic E-state index is 12.9. The first-order valence-corrected chi connectivity index (χ1v) is 5.42. The Morgan fingerprint density at radius 2 is 1.79 bits per heavy atom. The van der Waals surface area contributed by atoms with Gasteiger partial charge in [-0.3, -0.25) is 0 Å². The Balaban J connectivity index is 2.62. The summed E-state index contributed by atoms with van der Waals surface area (Å²) < 4.78 is 43.4. The van der Waals surface area contributed by atoms with E-state index in [1.165, 1.54) is 25.3 Å². The third-order valence-corrected chi connectivity index (χ3v) is 2.41. The van der Waals surface area contributed by atoms with Crippen molar-refractivity contribution in [3.05, 3.63) is 35.1 Å². The van der Waals surface area contributed by atoms with Crippen LogP contribution in [0, 0.1) is 0 Å². The molecule has 2 rings (SSSR count). The lowest BCUT2D eigenvalue weighted by molar-refractivity contribution is -0.137. The zero-order chi connectivity index (χ0) is 14.0. The summed E-state index contributed by atoms with van der Waals surface area (Å²) in [4.78, 5) is 11.1. The second kappa shape index (κ2) is 5.00. The lowest BCUT2D eigenvalue weighted by atomic mass is 10.1. The highest BCUT2D eigenvalue weighted by atomic mass is 35.5. The summed E-state index contributed by atoms with van der Waals surface area (Å²) in [5.41, 5.74) is -1.03. The Kier molecular flexibility index (Phi) is 3.57. The molecular weight excluding hydrogens is 283 g/mol. The summed E-state index contributed by atoms with van der Waals surface area (Å²) in [5, 5.41) is -0.237. The van der Waals surface area contributed by atoms with E-state index in [4.69, 9.17) is 16.3 Å². The van der Waals surface area contributed by atoms with Gasteiger partial charge >= 0.3 is 12.2 Å². The number of alkyl halides is 3. The topological polar surface area (TPSA) is 47.9 Å². The molecule has 0 radical (unpaired) electrons. The van der Waals surface area contributed by atoms with E-state index in [0.717, 1.165) is 6.07 Å². The number of rotatable bonds is 2. The number of ether oxygens (including phenoxy) is 1. The highest BCUT2D eigenvalue weighted by molar-refractivity contribution is 6.28. The first-order chi connectivity index (χ1) is 8.91. The van der Waals surface area contributed by atoms with Crippen LogP contribution in [0.4, 0.5) is 13.2 Å². The molecule has 0 fully saturated rings. The van der Waals surface area contributed by atoms with Crippen LogP contribution >= 0.6 is 11.6 Å². The minimum Gasteiger partial charge on any atom is -0.467 e. The van der Waals surface area contributed by atoms with Crippen LogP contribution in [0.1, 0.15) is 5.56 Å². The van der Waals surface area contributed by atoms with Gasteiger partial charge in [-0.15, -0.1) is 0 Å². The highest BCUT2D eigenvalue weighted by Crippen LogP contribution is 2.36. The fourth-order valence-electron chi connectivity index (χ4n) is 1.47. The molecule has 100 valence electrons. The van der Waals surface area contributed by atoms with Gasteiger partial charge in [0.1, 0.15) is 0 Å². The molecule has 0 spiro atoms. The zero-order valence-corrected chi connectivity index (χ0v) is 10.3. The SMILES string of the molecule is COc1nc(Cl)nc(-c2ccccc2C(F)(F)F)n1. The Morgan fingerprint density at radius 1 is 1.11 bits per heavy atom. The number of aromatic nitrogens is 3. The first-order valence-electron chi connectivity index (χ1n) is 5.04. The lowest BCUT2D eigenvalue weighted by Crippen LogP contribution is -2.08. The number of nitrogens with zero attached hydrogens (tertiary/aromatic N) is 3. The van der Waals surface area contributed by atoms with E-state index < -0.39 is 11.7 Å². The molecule has 0 bridgehead atoms. The van der Waals surface area contributed by atoms with Crippen molar-refractivity contribution in [3.8, 4) is 17.4 Å². The van der Waals surface area contributed by atoms with Crippen molar-refractivity contribution in [1.29, 1.82) is 0 Å². The van der Waals surface area contributed by atoms with Crippen molar-refractivity contribution < 1.29 is 17.9 Å². The van der Waals surface area contributed by atoms with E-state index in [1.54, 1.807) is 0 Å². The van der Waals surface area contributed by atoms with Crippen molar-refractivity contribution in [2.45, 2.75) is 6.18 Å². The summed E-state index contributed by atoms with van der Waals surface area (Å²) in [6.45, 7) is 0. The minimum absolute atomic E-state index is 0.146. The second-order valence-corrected chi connectivity index (χ2v) is 3.80. The largest absolute Gasteiger partial charge is 0.467 e. The molecule has 0 saturated heterocycles. The minimum atomic E-state index is -4.51. The molecule has 0 aliphatic rings. The molecule has 1 heterocycles. The van der Waals surface area contributed by atoms with E-state index in [2.05, 4.69) is 15.0 Å². The highest BCUT2D eigenvalue weighted by Gasteiger charge is 2.34. The molecular formula is C11H7ClF3N3O. The molecule has 0 atom stereocenters. The van der Waals surface area contributed by atoms with Crippen LogP contribution in [0.25, 0.3) is 11.4 Å². The van der Waals surface area contributed by atoms with Gasteiger partial charge in [0.05, 0.1) is 12.7 Å². The maximum Gasteiger partial charge on any atom is 0.417 e. The summed E-state index contributed by atoms with van der Waals surface area (Å²) in [6.07, 6.45) is -4.51. The van der Waals surface area contributed by atoms with Crippen molar-refractivity contribution in [1.82, 2.24) is 15.0 Å². The molecule has 19 heavy (non-hydrogen) atoms. The zero-order valence-electron chi connectivity index (χ0n) is 9.57. The van der Waals surface area contributed by atoms with Gasteiger partial charge in [-0.25, -0.2) is 0 Å². The van der Waals surface area contributed by atoms with E-state index in [-0.39, 0.29) is 22.7 Å². The van der Waals surface area contributed by atoms with Crippen molar-refractivity contribution >= 4 is 11.6 Å². The van der Waals surface area contributed by atoms with Crippen LogP contribution in [-0.4, -0.2) is 22.1 Å². The molecule has 0 aliphatic carbocycles.